The second kappa shape index (κ2) is 3.63. The highest BCUT2D eigenvalue weighted by Crippen LogP contribution is 2.33. The van der Waals surface area contributed by atoms with E-state index in [0.717, 1.165) is 17.9 Å². The molecule has 0 atom stereocenters. The van der Waals surface area contributed by atoms with Crippen LogP contribution in [0.3, 0.4) is 0 Å². The molecule has 2 aromatic rings. The number of aromatic nitrogens is 2. The number of hydrogen-bond acceptors (Lipinski definition) is 2. The predicted octanol–water partition coefficient (Wildman–Crippen LogP) is 2.78. The average molecular weight is 219 g/mol. The van der Waals surface area contributed by atoms with Crippen LogP contribution in [0.15, 0.2) is 30.5 Å². The Labute approximate surface area is 94.8 Å². The van der Waals surface area contributed by atoms with Gasteiger partial charge in [-0.05, 0) is 12.5 Å². The molecule has 3 heteroatoms. The Bertz CT molecular complexity index is 509. The molecule has 0 radical (unpaired) electrons. The number of hydrogen-bond donors (Lipinski definition) is 0. The molecular formula is C12H11ClN2. The molecule has 76 valence electrons. The fourth-order valence-electron chi connectivity index (χ4n) is 1.97. The highest BCUT2D eigenvalue weighted by molar-refractivity contribution is 5.85. The van der Waals surface area contributed by atoms with Gasteiger partial charge in [0.2, 0.25) is 0 Å². The Balaban J connectivity index is 0.000000853. The first-order valence-electron chi connectivity index (χ1n) is 4.75. The van der Waals surface area contributed by atoms with E-state index in [1.165, 1.54) is 16.7 Å². The number of rotatable bonds is 0. The van der Waals surface area contributed by atoms with Crippen molar-refractivity contribution >= 4 is 12.4 Å². The maximum absolute atomic E-state index is 4.48. The second-order valence-corrected chi connectivity index (χ2v) is 3.62. The summed E-state index contributed by atoms with van der Waals surface area (Å²) in [5, 5.41) is 0. The van der Waals surface area contributed by atoms with Crippen LogP contribution in [0.4, 0.5) is 0 Å². The summed E-state index contributed by atoms with van der Waals surface area (Å²) in [5.41, 5.74) is 5.00. The minimum absolute atomic E-state index is 0. The van der Waals surface area contributed by atoms with E-state index in [1.54, 1.807) is 0 Å². The number of benzene rings is 1. The van der Waals surface area contributed by atoms with Gasteiger partial charge in [0.15, 0.2) is 0 Å². The van der Waals surface area contributed by atoms with Crippen LogP contribution in [0.2, 0.25) is 0 Å². The molecule has 2 nitrogen and oxygen atoms in total. The molecule has 0 fully saturated rings. The lowest BCUT2D eigenvalue weighted by Crippen LogP contribution is -1.91. The summed E-state index contributed by atoms with van der Waals surface area (Å²) in [7, 11) is 0. The molecule has 3 rings (SSSR count). The summed E-state index contributed by atoms with van der Waals surface area (Å²) in [6, 6.07) is 8.43. The molecule has 0 saturated heterocycles. The summed E-state index contributed by atoms with van der Waals surface area (Å²) in [5.74, 6) is 0.848. The van der Waals surface area contributed by atoms with Gasteiger partial charge in [0, 0.05) is 23.7 Å². The second-order valence-electron chi connectivity index (χ2n) is 3.62. The minimum atomic E-state index is 0. The van der Waals surface area contributed by atoms with Crippen molar-refractivity contribution < 1.29 is 0 Å². The van der Waals surface area contributed by atoms with Crippen LogP contribution >= 0.6 is 12.4 Å². The molecule has 0 aliphatic heterocycles. The van der Waals surface area contributed by atoms with E-state index in [-0.39, 0.29) is 12.4 Å². The third-order valence-electron chi connectivity index (χ3n) is 2.64. The smallest absolute Gasteiger partial charge is 0.125 e. The van der Waals surface area contributed by atoms with Gasteiger partial charge in [0.05, 0.1) is 5.69 Å². The first-order chi connectivity index (χ1) is 6.84. The van der Waals surface area contributed by atoms with Gasteiger partial charge in [-0.2, -0.15) is 0 Å². The lowest BCUT2D eigenvalue weighted by atomic mass is 10.1. The molecule has 0 unspecified atom stereocenters. The number of halogens is 1. The summed E-state index contributed by atoms with van der Waals surface area (Å²) in [6.07, 6.45) is 2.92. The molecular weight excluding hydrogens is 208 g/mol. The van der Waals surface area contributed by atoms with E-state index >= 15 is 0 Å². The van der Waals surface area contributed by atoms with Gasteiger partial charge in [0.25, 0.3) is 0 Å². The first kappa shape index (κ1) is 10.1. The van der Waals surface area contributed by atoms with Crippen LogP contribution in [0.25, 0.3) is 11.3 Å². The minimum Gasteiger partial charge on any atom is -0.241 e. The van der Waals surface area contributed by atoms with Gasteiger partial charge in [-0.1, -0.05) is 24.3 Å². The third-order valence-corrected chi connectivity index (χ3v) is 2.64. The van der Waals surface area contributed by atoms with Crippen molar-refractivity contribution in [2.24, 2.45) is 0 Å². The van der Waals surface area contributed by atoms with Crippen LogP contribution in [0, 0.1) is 6.92 Å². The Morgan fingerprint density at radius 1 is 1.13 bits per heavy atom. The molecule has 0 N–H and O–H groups in total. The highest BCUT2D eigenvalue weighted by atomic mass is 35.5. The van der Waals surface area contributed by atoms with Crippen molar-refractivity contribution in [3.8, 4) is 11.3 Å². The predicted molar refractivity (Wildman–Crippen MR) is 62.3 cm³/mol. The quantitative estimate of drug-likeness (QED) is 0.580. The lowest BCUT2D eigenvalue weighted by molar-refractivity contribution is 1.03. The van der Waals surface area contributed by atoms with E-state index in [9.17, 15) is 0 Å². The standard InChI is InChI=1S/C12H10N2.ClH/c1-8-13-7-10-6-9-4-2-3-5-11(9)12(10)14-8;/h2-5,7H,6H2,1H3;1H. The summed E-state index contributed by atoms with van der Waals surface area (Å²) in [4.78, 5) is 8.71. The van der Waals surface area contributed by atoms with Gasteiger partial charge in [-0.15, -0.1) is 12.4 Å². The third kappa shape index (κ3) is 1.51. The average Bonchev–Trinajstić information content (AvgIpc) is 2.56. The maximum atomic E-state index is 4.48. The highest BCUT2D eigenvalue weighted by Gasteiger charge is 2.19. The topological polar surface area (TPSA) is 25.8 Å². The largest absolute Gasteiger partial charge is 0.241 e. The molecule has 1 aliphatic carbocycles. The van der Waals surface area contributed by atoms with Crippen molar-refractivity contribution in [3.05, 3.63) is 47.4 Å². The zero-order chi connectivity index (χ0) is 9.54. The van der Waals surface area contributed by atoms with E-state index in [0.29, 0.717) is 0 Å². The van der Waals surface area contributed by atoms with Crippen molar-refractivity contribution in [3.63, 3.8) is 0 Å². The summed E-state index contributed by atoms with van der Waals surface area (Å²) >= 11 is 0. The van der Waals surface area contributed by atoms with Crippen molar-refractivity contribution in [2.45, 2.75) is 13.3 Å². The Morgan fingerprint density at radius 3 is 2.80 bits per heavy atom. The van der Waals surface area contributed by atoms with Crippen LogP contribution in [0.5, 0.6) is 0 Å². The molecule has 0 bridgehead atoms. The number of nitrogens with zero attached hydrogens (tertiary/aromatic N) is 2. The van der Waals surface area contributed by atoms with Crippen molar-refractivity contribution in [1.82, 2.24) is 9.97 Å². The molecule has 0 spiro atoms. The van der Waals surface area contributed by atoms with E-state index in [2.05, 4.69) is 34.2 Å². The molecule has 1 aliphatic rings. The van der Waals surface area contributed by atoms with Crippen LogP contribution < -0.4 is 0 Å². The van der Waals surface area contributed by atoms with Gasteiger partial charge >= 0.3 is 0 Å². The first-order valence-corrected chi connectivity index (χ1v) is 4.75. The molecule has 15 heavy (non-hydrogen) atoms. The zero-order valence-corrected chi connectivity index (χ0v) is 9.21. The van der Waals surface area contributed by atoms with Crippen LogP contribution in [-0.4, -0.2) is 9.97 Å². The molecule has 0 amide bonds. The van der Waals surface area contributed by atoms with Crippen LogP contribution in [0.1, 0.15) is 17.0 Å². The maximum Gasteiger partial charge on any atom is 0.125 e. The fraction of sp³-hybridized carbons (Fsp3) is 0.167. The zero-order valence-electron chi connectivity index (χ0n) is 8.40. The summed E-state index contributed by atoms with van der Waals surface area (Å²) in [6.45, 7) is 1.93. The molecule has 0 saturated carbocycles. The monoisotopic (exact) mass is 218 g/mol. The van der Waals surface area contributed by atoms with Gasteiger partial charge < -0.3 is 0 Å². The SMILES string of the molecule is Cc1ncc2c(n1)-c1ccccc1C2.Cl. The fourth-order valence-corrected chi connectivity index (χ4v) is 1.97. The van der Waals surface area contributed by atoms with E-state index in [4.69, 9.17) is 0 Å². The van der Waals surface area contributed by atoms with E-state index in [1.807, 2.05) is 13.1 Å². The lowest BCUT2D eigenvalue weighted by Gasteiger charge is -1.99. The Morgan fingerprint density at radius 2 is 1.93 bits per heavy atom. The molecule has 1 aromatic carbocycles. The normalized spacial score (nSPS) is 11.5. The molecule has 1 aromatic heterocycles. The van der Waals surface area contributed by atoms with Gasteiger partial charge in [0.1, 0.15) is 5.82 Å². The van der Waals surface area contributed by atoms with Crippen molar-refractivity contribution in [1.29, 1.82) is 0 Å². The van der Waals surface area contributed by atoms with Gasteiger partial charge in [-0.25, -0.2) is 9.97 Å². The van der Waals surface area contributed by atoms with Crippen LogP contribution in [-0.2, 0) is 6.42 Å². The van der Waals surface area contributed by atoms with Crippen molar-refractivity contribution in [2.75, 3.05) is 0 Å². The number of aryl methyl sites for hydroxylation is 1. The molecule has 1 heterocycles. The summed E-state index contributed by atoms with van der Waals surface area (Å²) < 4.78 is 0. The number of fused-ring (bicyclic) bond motifs is 3. The Kier molecular flexibility index (Phi) is 2.45. The Hall–Kier alpha value is -1.41. The van der Waals surface area contributed by atoms with E-state index < -0.39 is 0 Å². The van der Waals surface area contributed by atoms with Gasteiger partial charge in [-0.3, -0.25) is 0 Å².